The van der Waals surface area contributed by atoms with Crippen LogP contribution in [-0.4, -0.2) is 60.6 Å². The van der Waals surface area contributed by atoms with Gasteiger partial charge in [-0.3, -0.25) is 4.90 Å². The van der Waals surface area contributed by atoms with E-state index in [2.05, 4.69) is 57.1 Å². The molecule has 24 heavy (non-hydrogen) atoms. The van der Waals surface area contributed by atoms with Crippen molar-refractivity contribution in [3.8, 4) is 0 Å². The van der Waals surface area contributed by atoms with E-state index in [0.29, 0.717) is 6.54 Å². The van der Waals surface area contributed by atoms with E-state index < -0.39 is 0 Å². The van der Waals surface area contributed by atoms with Gasteiger partial charge in [0.1, 0.15) is 0 Å². The lowest BCUT2D eigenvalue weighted by Crippen LogP contribution is -2.58. The van der Waals surface area contributed by atoms with Crippen molar-refractivity contribution in [2.75, 3.05) is 44.6 Å². The number of nitrogens with zero attached hydrogens (tertiary/aromatic N) is 2. The molecule has 0 bridgehead atoms. The number of hydrogen-bond donors (Lipinski definition) is 2. The van der Waals surface area contributed by atoms with Gasteiger partial charge in [-0.15, -0.1) is 0 Å². The summed E-state index contributed by atoms with van der Waals surface area (Å²) < 4.78 is 0.995. The van der Waals surface area contributed by atoms with E-state index in [1.807, 2.05) is 25.1 Å². The van der Waals surface area contributed by atoms with E-state index in [9.17, 15) is 4.79 Å². The number of likely N-dealkylation sites (N-methyl/N-ethyl adjacent to an activating group) is 1. The molecule has 2 amide bonds. The number of anilines is 1. The topological polar surface area (TPSA) is 47.6 Å². The number of urea groups is 1. The standard InChI is InChI=1S/C18H29BrN4O/c1-5-22-8-10-23(11-9-22)18(3,4)13-20-17(24)21-15-7-6-14(2)16(19)12-15/h6-7,12H,5,8-11,13H2,1-4H3,(H2,20,21,24). The van der Waals surface area contributed by atoms with Gasteiger partial charge in [0.25, 0.3) is 0 Å². The third-order valence-corrected chi connectivity index (χ3v) is 5.64. The Morgan fingerprint density at radius 3 is 2.50 bits per heavy atom. The third kappa shape index (κ3) is 5.19. The van der Waals surface area contributed by atoms with Crippen LogP contribution in [0.3, 0.4) is 0 Å². The van der Waals surface area contributed by atoms with Gasteiger partial charge in [-0.1, -0.05) is 28.9 Å². The van der Waals surface area contributed by atoms with Crippen LogP contribution in [0.25, 0.3) is 0 Å². The van der Waals surface area contributed by atoms with E-state index in [4.69, 9.17) is 0 Å². The maximum Gasteiger partial charge on any atom is 0.319 e. The monoisotopic (exact) mass is 396 g/mol. The molecule has 1 aliphatic heterocycles. The Balaban J connectivity index is 1.82. The second-order valence-electron chi connectivity index (χ2n) is 7.01. The summed E-state index contributed by atoms with van der Waals surface area (Å²) in [6.45, 7) is 14.6. The number of rotatable bonds is 5. The van der Waals surface area contributed by atoms with Crippen LogP contribution < -0.4 is 10.6 Å². The highest BCUT2D eigenvalue weighted by molar-refractivity contribution is 9.10. The maximum absolute atomic E-state index is 12.2. The molecule has 1 aromatic carbocycles. The molecular weight excluding hydrogens is 368 g/mol. The van der Waals surface area contributed by atoms with Crippen LogP contribution >= 0.6 is 15.9 Å². The predicted octanol–water partition coefficient (Wildman–Crippen LogP) is 3.30. The quantitative estimate of drug-likeness (QED) is 0.802. The zero-order chi connectivity index (χ0) is 17.7. The van der Waals surface area contributed by atoms with Crippen LogP contribution in [0.5, 0.6) is 0 Å². The molecule has 1 saturated heterocycles. The molecule has 6 heteroatoms. The van der Waals surface area contributed by atoms with Gasteiger partial charge < -0.3 is 15.5 Å². The van der Waals surface area contributed by atoms with E-state index >= 15 is 0 Å². The van der Waals surface area contributed by atoms with Crippen molar-refractivity contribution >= 4 is 27.6 Å². The minimum Gasteiger partial charge on any atom is -0.336 e. The van der Waals surface area contributed by atoms with Gasteiger partial charge in [0.2, 0.25) is 0 Å². The lowest BCUT2D eigenvalue weighted by atomic mass is 10.0. The second kappa shape index (κ2) is 8.32. The number of benzene rings is 1. The molecule has 1 aliphatic rings. The van der Waals surface area contributed by atoms with E-state index in [1.165, 1.54) is 0 Å². The van der Waals surface area contributed by atoms with Crippen molar-refractivity contribution in [3.63, 3.8) is 0 Å². The highest BCUT2D eigenvalue weighted by Gasteiger charge is 2.29. The average Bonchev–Trinajstić information content (AvgIpc) is 2.56. The lowest BCUT2D eigenvalue weighted by molar-refractivity contribution is 0.0558. The van der Waals surface area contributed by atoms with Crippen LogP contribution in [0.1, 0.15) is 26.3 Å². The van der Waals surface area contributed by atoms with Gasteiger partial charge in [-0.25, -0.2) is 4.79 Å². The summed E-state index contributed by atoms with van der Waals surface area (Å²) in [5.74, 6) is 0. The van der Waals surface area contributed by atoms with Gasteiger partial charge in [0.15, 0.2) is 0 Å². The zero-order valence-corrected chi connectivity index (χ0v) is 16.7. The van der Waals surface area contributed by atoms with Gasteiger partial charge in [-0.2, -0.15) is 0 Å². The summed E-state index contributed by atoms with van der Waals surface area (Å²) in [4.78, 5) is 17.1. The summed E-state index contributed by atoms with van der Waals surface area (Å²) >= 11 is 3.49. The predicted molar refractivity (Wildman–Crippen MR) is 104 cm³/mol. The first-order valence-electron chi connectivity index (χ1n) is 8.60. The van der Waals surface area contributed by atoms with Crippen molar-refractivity contribution in [2.45, 2.75) is 33.2 Å². The van der Waals surface area contributed by atoms with Crippen molar-refractivity contribution < 1.29 is 4.79 Å². The number of aryl methyl sites for hydroxylation is 1. The molecule has 1 heterocycles. The second-order valence-corrected chi connectivity index (χ2v) is 7.86. The first kappa shape index (κ1) is 19.2. The maximum atomic E-state index is 12.2. The molecule has 0 saturated carbocycles. The molecule has 134 valence electrons. The van der Waals surface area contributed by atoms with Crippen LogP contribution in [-0.2, 0) is 0 Å². The molecule has 0 radical (unpaired) electrons. The highest BCUT2D eigenvalue weighted by Crippen LogP contribution is 2.20. The zero-order valence-electron chi connectivity index (χ0n) is 15.2. The molecule has 0 aromatic heterocycles. The molecule has 1 fully saturated rings. The largest absolute Gasteiger partial charge is 0.336 e. The fraction of sp³-hybridized carbons (Fsp3) is 0.611. The van der Waals surface area contributed by atoms with Gasteiger partial charge in [-0.05, 0) is 45.0 Å². The van der Waals surface area contributed by atoms with Crippen LogP contribution in [0, 0.1) is 6.92 Å². The number of piperazine rings is 1. The molecule has 0 atom stereocenters. The van der Waals surface area contributed by atoms with E-state index in [-0.39, 0.29) is 11.6 Å². The SMILES string of the molecule is CCN1CCN(C(C)(C)CNC(=O)Nc2ccc(C)c(Br)c2)CC1. The normalized spacial score (nSPS) is 16.9. The minimum absolute atomic E-state index is 0.0506. The Bertz CT molecular complexity index is 568. The summed E-state index contributed by atoms with van der Waals surface area (Å²) in [6.07, 6.45) is 0. The Morgan fingerprint density at radius 1 is 1.25 bits per heavy atom. The average molecular weight is 397 g/mol. The number of nitrogens with one attached hydrogen (secondary N) is 2. The summed E-state index contributed by atoms with van der Waals surface area (Å²) in [5, 5.41) is 5.90. The Kier molecular flexibility index (Phi) is 6.66. The Hall–Kier alpha value is -1.11. The number of halogens is 1. The summed E-state index contributed by atoms with van der Waals surface area (Å²) in [5.41, 5.74) is 1.89. The van der Waals surface area contributed by atoms with Crippen LogP contribution in [0.15, 0.2) is 22.7 Å². The molecular formula is C18H29BrN4O. The molecule has 0 unspecified atom stereocenters. The molecule has 2 N–H and O–H groups in total. The highest BCUT2D eigenvalue weighted by atomic mass is 79.9. The minimum atomic E-state index is -0.161. The number of hydrogen-bond acceptors (Lipinski definition) is 3. The van der Waals surface area contributed by atoms with Crippen LogP contribution in [0.2, 0.25) is 0 Å². The first-order valence-corrected chi connectivity index (χ1v) is 9.39. The fourth-order valence-electron chi connectivity index (χ4n) is 2.92. The van der Waals surface area contributed by atoms with Crippen molar-refractivity contribution in [1.29, 1.82) is 0 Å². The third-order valence-electron chi connectivity index (χ3n) is 4.79. The first-order chi connectivity index (χ1) is 11.3. The van der Waals surface area contributed by atoms with Crippen molar-refractivity contribution in [2.24, 2.45) is 0 Å². The molecule has 2 rings (SSSR count). The number of carbonyl (C=O) groups excluding carboxylic acids is 1. The Morgan fingerprint density at radius 2 is 1.92 bits per heavy atom. The van der Waals surface area contributed by atoms with Gasteiger partial charge >= 0.3 is 6.03 Å². The molecule has 5 nitrogen and oxygen atoms in total. The molecule has 0 spiro atoms. The van der Waals surface area contributed by atoms with Gasteiger partial charge in [0.05, 0.1) is 0 Å². The molecule has 0 aliphatic carbocycles. The summed E-state index contributed by atoms with van der Waals surface area (Å²) in [6, 6.07) is 5.65. The van der Waals surface area contributed by atoms with E-state index in [1.54, 1.807) is 0 Å². The van der Waals surface area contributed by atoms with Gasteiger partial charge in [0, 0.05) is 48.4 Å². The van der Waals surface area contributed by atoms with Crippen molar-refractivity contribution in [1.82, 2.24) is 15.1 Å². The van der Waals surface area contributed by atoms with E-state index in [0.717, 1.165) is 48.4 Å². The lowest BCUT2D eigenvalue weighted by Gasteiger charge is -2.44. The number of carbonyl (C=O) groups is 1. The number of amides is 2. The fourth-order valence-corrected chi connectivity index (χ4v) is 3.30. The summed E-state index contributed by atoms with van der Waals surface area (Å²) in [7, 11) is 0. The van der Waals surface area contributed by atoms with Crippen molar-refractivity contribution in [3.05, 3.63) is 28.2 Å². The Labute approximate surface area is 153 Å². The molecule has 1 aromatic rings. The smallest absolute Gasteiger partial charge is 0.319 e. The van der Waals surface area contributed by atoms with Crippen LogP contribution in [0.4, 0.5) is 10.5 Å².